The number of ketones is 1. The smallest absolute Gasteiger partial charge is 0.405 e. The second kappa shape index (κ2) is 8.91. The van der Waals surface area contributed by atoms with Crippen LogP contribution in [0, 0.1) is 0 Å². The maximum atomic E-state index is 12.5. The van der Waals surface area contributed by atoms with Gasteiger partial charge in [-0.1, -0.05) is 33.1 Å². The van der Waals surface area contributed by atoms with Gasteiger partial charge in [-0.05, 0) is 18.6 Å². The van der Waals surface area contributed by atoms with Crippen molar-refractivity contribution in [1.82, 2.24) is 0 Å². The molecule has 26 heavy (non-hydrogen) atoms. The molecule has 0 bridgehead atoms. The van der Waals surface area contributed by atoms with Crippen LogP contribution in [-0.2, 0) is 0 Å². The van der Waals surface area contributed by atoms with E-state index in [0.29, 0.717) is 5.69 Å². The molecule has 1 heterocycles. The Morgan fingerprint density at radius 3 is 2.65 bits per heavy atom. The molecule has 1 unspecified atom stereocenters. The number of Topliss-reactive ketones (excluding diaryl/α,β-unsaturated/α-hetero) is 1. The molecule has 2 rings (SSSR count). The zero-order valence-electron chi connectivity index (χ0n) is 14.9. The van der Waals surface area contributed by atoms with E-state index in [2.05, 4.69) is 22.0 Å². The van der Waals surface area contributed by atoms with E-state index < -0.39 is 17.9 Å². The number of hydrogen-bond donors (Lipinski definition) is 0. The number of hydrogen-bond acceptors (Lipinski definition) is 4. The van der Waals surface area contributed by atoms with Crippen LogP contribution in [0.5, 0.6) is 5.75 Å². The number of ether oxygens (including phenoxy) is 1. The topological polar surface area (TPSA) is 54.0 Å². The fourth-order valence-corrected chi connectivity index (χ4v) is 2.68. The first-order valence-corrected chi connectivity index (χ1v) is 8.82. The van der Waals surface area contributed by atoms with Crippen LogP contribution in [0.3, 0.4) is 0 Å². The second-order valence-corrected chi connectivity index (χ2v) is 6.12. The summed E-state index contributed by atoms with van der Waals surface area (Å²) in [7, 11) is 0. The van der Waals surface area contributed by atoms with E-state index in [1.165, 1.54) is 23.2 Å². The predicted octanol–water partition coefficient (Wildman–Crippen LogP) is 5.61. The first-order chi connectivity index (χ1) is 12.3. The van der Waals surface area contributed by atoms with E-state index >= 15 is 0 Å². The molecular weight excluding hydrogens is 347 g/mol. The van der Waals surface area contributed by atoms with Crippen LogP contribution < -0.4 is 4.74 Å². The Labute approximate surface area is 150 Å². The summed E-state index contributed by atoms with van der Waals surface area (Å²) in [4.78, 5) is 12.0. The Balaban J connectivity index is 2.17. The highest BCUT2D eigenvalue weighted by molar-refractivity contribution is 5.99. The molecular formula is C18H23F3N3O2+. The molecule has 1 aliphatic rings. The number of nitrogens with zero attached hydrogens (tertiary/aromatic N) is 3. The van der Waals surface area contributed by atoms with Gasteiger partial charge in [-0.3, -0.25) is 4.79 Å². The second-order valence-electron chi connectivity index (χ2n) is 6.12. The third-order valence-electron chi connectivity index (χ3n) is 4.04. The lowest BCUT2D eigenvalue weighted by molar-refractivity contribution is -0.444. The number of carbonyl (C=O) groups excluding carboxylic acids is 1. The van der Waals surface area contributed by atoms with Crippen LogP contribution in [0.15, 0.2) is 28.5 Å². The van der Waals surface area contributed by atoms with Gasteiger partial charge >= 0.3 is 6.36 Å². The number of unbranched alkanes of at least 4 members (excludes halogenated alkanes) is 3. The third kappa shape index (κ3) is 5.64. The van der Waals surface area contributed by atoms with Crippen LogP contribution in [0.25, 0.3) is 0 Å². The van der Waals surface area contributed by atoms with Crippen molar-refractivity contribution in [3.8, 4) is 5.75 Å². The Kier molecular flexibility index (Phi) is 6.88. The molecule has 0 N–H and O–H groups in total. The molecule has 1 aliphatic heterocycles. The molecule has 0 fully saturated rings. The largest absolute Gasteiger partial charge is 0.573 e. The molecule has 1 aromatic carbocycles. The fraction of sp³-hybridized carbons (Fsp3) is 0.556. The standard InChI is InChI=1S/C18H23F3N3O2/c1-3-5-6-7-8-13-12-24(23-22-13)14-9-10-17(26-18(19,20)21)15(11-14)16(25)4-2/h9-13H,3-8H2,1-2H3/q+1. The molecule has 0 saturated carbocycles. The zero-order valence-corrected chi connectivity index (χ0v) is 14.9. The number of benzene rings is 1. The molecule has 0 radical (unpaired) electrons. The van der Waals surface area contributed by atoms with Crippen LogP contribution in [-0.4, -0.2) is 29.1 Å². The van der Waals surface area contributed by atoms with E-state index in [1.54, 1.807) is 6.92 Å². The van der Waals surface area contributed by atoms with Crippen molar-refractivity contribution in [2.45, 2.75) is 64.8 Å². The zero-order chi connectivity index (χ0) is 19.2. The number of rotatable bonds is 9. The van der Waals surface area contributed by atoms with Gasteiger partial charge in [0.1, 0.15) is 17.2 Å². The van der Waals surface area contributed by atoms with Crippen molar-refractivity contribution < 1.29 is 27.4 Å². The van der Waals surface area contributed by atoms with Gasteiger partial charge in [0.05, 0.1) is 5.56 Å². The van der Waals surface area contributed by atoms with Crippen LogP contribution in [0.4, 0.5) is 18.9 Å². The minimum atomic E-state index is -4.85. The van der Waals surface area contributed by atoms with Gasteiger partial charge < -0.3 is 4.74 Å². The SMILES string of the molecule is CCCCCCC1C=[N+](c2ccc(OC(F)(F)F)c(C(=O)CC)c2)N=N1. The molecule has 8 heteroatoms. The highest BCUT2D eigenvalue weighted by atomic mass is 19.4. The summed E-state index contributed by atoms with van der Waals surface area (Å²) in [6.45, 7) is 3.73. The lowest BCUT2D eigenvalue weighted by Gasteiger charge is -2.12. The van der Waals surface area contributed by atoms with Crippen molar-refractivity contribution in [2.75, 3.05) is 0 Å². The molecule has 0 saturated heterocycles. The van der Waals surface area contributed by atoms with Gasteiger partial charge in [-0.25, -0.2) is 0 Å². The average molecular weight is 370 g/mol. The van der Waals surface area contributed by atoms with Gasteiger partial charge in [0.15, 0.2) is 11.5 Å². The molecule has 0 amide bonds. The van der Waals surface area contributed by atoms with Gasteiger partial charge in [-0.15, -0.1) is 17.9 Å². The van der Waals surface area contributed by atoms with Gasteiger partial charge in [0.2, 0.25) is 6.04 Å². The summed E-state index contributed by atoms with van der Waals surface area (Å²) in [5.74, 6) is -0.932. The third-order valence-corrected chi connectivity index (χ3v) is 4.04. The predicted molar refractivity (Wildman–Crippen MR) is 91.1 cm³/mol. The first kappa shape index (κ1) is 20.1. The minimum absolute atomic E-state index is 0.0525. The number of halogens is 3. The Bertz CT molecular complexity index is 699. The Morgan fingerprint density at radius 2 is 2.00 bits per heavy atom. The maximum absolute atomic E-state index is 12.5. The highest BCUT2D eigenvalue weighted by Crippen LogP contribution is 2.31. The summed E-state index contributed by atoms with van der Waals surface area (Å²) >= 11 is 0. The van der Waals surface area contributed by atoms with Gasteiger partial charge in [0.25, 0.3) is 0 Å². The lowest BCUT2D eigenvalue weighted by atomic mass is 10.1. The summed E-state index contributed by atoms with van der Waals surface area (Å²) in [5, 5.41) is 8.21. The quantitative estimate of drug-likeness (QED) is 0.322. The van der Waals surface area contributed by atoms with Crippen LogP contribution in [0.1, 0.15) is 62.7 Å². The first-order valence-electron chi connectivity index (χ1n) is 8.82. The molecule has 0 aliphatic carbocycles. The van der Waals surface area contributed by atoms with Crippen molar-refractivity contribution >= 4 is 17.7 Å². The molecule has 1 atom stereocenters. The molecule has 5 nitrogen and oxygen atoms in total. The van der Waals surface area contributed by atoms with E-state index in [0.717, 1.165) is 31.7 Å². The molecule has 0 spiro atoms. The van der Waals surface area contributed by atoms with E-state index in [9.17, 15) is 18.0 Å². The molecule has 0 aromatic heterocycles. The van der Waals surface area contributed by atoms with Crippen molar-refractivity contribution in [3.63, 3.8) is 0 Å². The monoisotopic (exact) mass is 370 g/mol. The summed E-state index contributed by atoms with van der Waals surface area (Å²) in [5.41, 5.74) is 0.369. The van der Waals surface area contributed by atoms with Crippen molar-refractivity contribution in [2.24, 2.45) is 10.3 Å². The lowest BCUT2D eigenvalue weighted by Crippen LogP contribution is -2.19. The fourth-order valence-electron chi connectivity index (χ4n) is 2.68. The van der Waals surface area contributed by atoms with Gasteiger partial charge in [0, 0.05) is 24.0 Å². The Hall–Kier alpha value is -2.25. The molecule has 142 valence electrons. The van der Waals surface area contributed by atoms with E-state index in [1.807, 2.05) is 6.21 Å². The van der Waals surface area contributed by atoms with Crippen molar-refractivity contribution in [1.29, 1.82) is 0 Å². The van der Waals surface area contributed by atoms with Crippen LogP contribution >= 0.6 is 0 Å². The van der Waals surface area contributed by atoms with Crippen molar-refractivity contribution in [3.05, 3.63) is 23.8 Å². The minimum Gasteiger partial charge on any atom is -0.405 e. The van der Waals surface area contributed by atoms with Gasteiger partial charge in [-0.2, -0.15) is 0 Å². The summed E-state index contributed by atoms with van der Waals surface area (Å²) in [6.07, 6.45) is 2.41. The normalized spacial score (nSPS) is 16.7. The average Bonchev–Trinajstić information content (AvgIpc) is 3.06. The maximum Gasteiger partial charge on any atom is 0.573 e. The summed E-state index contributed by atoms with van der Waals surface area (Å²) in [6, 6.07) is 3.89. The molecule has 1 aromatic rings. The number of carbonyl (C=O) groups is 1. The van der Waals surface area contributed by atoms with E-state index in [-0.39, 0.29) is 18.0 Å². The summed E-state index contributed by atoms with van der Waals surface area (Å²) < 4.78 is 43.1. The van der Waals surface area contributed by atoms with E-state index in [4.69, 9.17) is 0 Å². The number of alkyl halides is 3. The highest BCUT2D eigenvalue weighted by Gasteiger charge is 2.33. The Morgan fingerprint density at radius 1 is 1.23 bits per heavy atom. The van der Waals surface area contributed by atoms with Crippen LogP contribution in [0.2, 0.25) is 0 Å².